The molecule has 17 N–H and O–H groups in total. The average molecular weight is 1080 g/mol. The predicted molar refractivity (Wildman–Crippen MR) is 260 cm³/mol. The number of phenolic OH excluding ortho intramolecular Hbond substituents is 2. The van der Waals surface area contributed by atoms with Gasteiger partial charge in [0.25, 0.3) is 50.6 Å². The summed E-state index contributed by atoms with van der Waals surface area (Å²) in [5, 5.41) is 37.9. The minimum Gasteiger partial charge on any atom is -0.507 e. The molecule has 7 aromatic carbocycles. The summed E-state index contributed by atoms with van der Waals surface area (Å²) in [5.41, 5.74) is 23.4. The maximum absolute atomic E-state index is 11.4. The second kappa shape index (κ2) is 21.2. The maximum Gasteiger partial charge on any atom is 0.339 e. The molecule has 29 heteroatoms. The molecular formula is C42H40N4O20S5. The number of phenols is 3. The van der Waals surface area contributed by atoms with Crippen LogP contribution in [-0.2, 0) is 50.6 Å². The van der Waals surface area contributed by atoms with Crippen LogP contribution in [0.4, 0.5) is 22.7 Å². The van der Waals surface area contributed by atoms with Crippen LogP contribution >= 0.6 is 0 Å². The zero-order valence-electron chi connectivity index (χ0n) is 35.9. The Morgan fingerprint density at radius 3 is 1.31 bits per heavy atom. The van der Waals surface area contributed by atoms with Crippen LogP contribution in [0.1, 0.15) is 27.0 Å². The molecular weight excluding hydrogens is 1040 g/mol. The fourth-order valence-corrected chi connectivity index (χ4v) is 9.14. The van der Waals surface area contributed by atoms with Gasteiger partial charge in [0, 0.05) is 45.7 Å². The average Bonchev–Trinajstić information content (AvgIpc) is 3.23. The summed E-state index contributed by atoms with van der Waals surface area (Å²) in [5.74, 6) is -2.04. The highest BCUT2D eigenvalue weighted by Crippen LogP contribution is 2.35. The zero-order chi connectivity index (χ0) is 53.8. The number of para-hydroxylation sites is 1. The lowest BCUT2D eigenvalue weighted by Crippen LogP contribution is -2.03. The first-order valence-corrected chi connectivity index (χ1v) is 26.1. The number of nitrogen functional groups attached to an aromatic ring is 4. The molecule has 0 radical (unpaired) electrons. The Balaban J connectivity index is 0.000000213. The molecule has 0 saturated heterocycles. The van der Waals surface area contributed by atoms with Crippen LogP contribution in [0.5, 0.6) is 17.2 Å². The number of benzene rings is 7. The van der Waals surface area contributed by atoms with Gasteiger partial charge < -0.3 is 43.4 Å². The molecule has 0 amide bonds. The lowest BCUT2D eigenvalue weighted by atomic mass is 10.1. The number of hydrogen-bond donors (Lipinski definition) is 13. The molecule has 0 aliphatic heterocycles. The number of aryl methyl sites for hydroxylation is 1. The van der Waals surface area contributed by atoms with Gasteiger partial charge >= 0.3 is 5.97 Å². The summed E-state index contributed by atoms with van der Waals surface area (Å²) >= 11 is 0. The van der Waals surface area contributed by atoms with Crippen molar-refractivity contribution in [2.45, 2.75) is 31.4 Å². The molecule has 0 aliphatic rings. The van der Waals surface area contributed by atoms with Crippen molar-refractivity contribution in [1.82, 2.24) is 0 Å². The minimum absolute atomic E-state index is 0.00444. The topological polar surface area (TPSA) is 474 Å². The smallest absolute Gasteiger partial charge is 0.339 e. The van der Waals surface area contributed by atoms with E-state index in [0.29, 0.717) is 22.0 Å². The Hall–Kier alpha value is -7.58. The molecule has 71 heavy (non-hydrogen) atoms. The monoisotopic (exact) mass is 1080 g/mol. The van der Waals surface area contributed by atoms with Crippen LogP contribution in [0.25, 0.3) is 33.7 Å². The molecule has 0 spiro atoms. The highest BCUT2D eigenvalue weighted by Gasteiger charge is 2.20. The number of hydrogen-bond acceptors (Lipinski definition) is 18. The summed E-state index contributed by atoms with van der Waals surface area (Å²) in [6.07, 6.45) is 2.53. The molecule has 7 rings (SSSR count). The van der Waals surface area contributed by atoms with Gasteiger partial charge in [-0.1, -0.05) is 42.5 Å². The third kappa shape index (κ3) is 14.7. The second-order valence-electron chi connectivity index (χ2n) is 14.6. The SMILES string of the molecule is Cc1cccc(C(=O)O)c1O.Nc1cc(S(=O)(=O)O)cc2cc(S(=O)(=O)O)cc(O)c12.Nc1ccc(/C=C/c2ccc(N)cc2S(=O)(=O)O)c(S(=O)(=O)O)c1.Nc1ccc2cc(S(=O)(=O)O)cc(O)c2c1. The molecule has 7 aromatic rings. The number of fused-ring (bicyclic) bond motifs is 2. The van der Waals surface area contributed by atoms with Gasteiger partial charge in [-0.3, -0.25) is 22.8 Å². The Morgan fingerprint density at radius 1 is 0.479 bits per heavy atom. The third-order valence-corrected chi connectivity index (χ3v) is 13.7. The van der Waals surface area contributed by atoms with Gasteiger partial charge in [-0.15, -0.1) is 0 Å². The Bertz CT molecular complexity index is 3710. The molecule has 0 heterocycles. The van der Waals surface area contributed by atoms with Gasteiger partial charge in [0.2, 0.25) is 0 Å². The van der Waals surface area contributed by atoms with Gasteiger partial charge in [-0.05, 0) is 101 Å². The van der Waals surface area contributed by atoms with E-state index >= 15 is 0 Å². The van der Waals surface area contributed by atoms with Crippen molar-refractivity contribution in [3.05, 3.63) is 131 Å². The van der Waals surface area contributed by atoms with Crippen LogP contribution in [0.2, 0.25) is 0 Å². The largest absolute Gasteiger partial charge is 0.507 e. The quantitative estimate of drug-likeness (QED) is 0.0546. The number of aromatic hydroxyl groups is 3. The lowest BCUT2D eigenvalue weighted by molar-refractivity contribution is 0.0693. The highest BCUT2D eigenvalue weighted by molar-refractivity contribution is 7.87. The van der Waals surface area contributed by atoms with E-state index in [1.54, 1.807) is 31.2 Å². The summed E-state index contributed by atoms with van der Waals surface area (Å²) in [4.78, 5) is 8.02. The molecule has 0 unspecified atom stereocenters. The molecule has 0 atom stereocenters. The van der Waals surface area contributed by atoms with E-state index in [1.807, 2.05) is 0 Å². The molecule has 0 saturated carbocycles. The molecule has 0 aromatic heterocycles. The van der Waals surface area contributed by atoms with Crippen molar-refractivity contribution >= 4 is 113 Å². The first-order chi connectivity index (χ1) is 32.5. The van der Waals surface area contributed by atoms with Gasteiger partial charge in [0.05, 0.1) is 14.7 Å². The lowest BCUT2D eigenvalue weighted by Gasteiger charge is -2.08. The van der Waals surface area contributed by atoms with Crippen molar-refractivity contribution < 1.29 is 90.1 Å². The maximum atomic E-state index is 11.4. The van der Waals surface area contributed by atoms with Gasteiger partial charge in [-0.2, -0.15) is 42.1 Å². The molecule has 378 valence electrons. The second-order valence-corrected chi connectivity index (χ2v) is 21.6. The van der Waals surface area contributed by atoms with E-state index < -0.39 is 81.9 Å². The number of nitrogens with two attached hydrogens (primary N) is 4. The fraction of sp³-hybridized carbons (Fsp3) is 0.0238. The molecule has 0 aliphatic carbocycles. The van der Waals surface area contributed by atoms with E-state index in [2.05, 4.69) is 0 Å². The van der Waals surface area contributed by atoms with Gasteiger partial charge in [0.15, 0.2) is 0 Å². The van der Waals surface area contributed by atoms with Crippen molar-refractivity contribution in [2.24, 2.45) is 0 Å². The van der Waals surface area contributed by atoms with Gasteiger partial charge in [0.1, 0.15) is 32.6 Å². The van der Waals surface area contributed by atoms with E-state index in [-0.39, 0.29) is 60.9 Å². The van der Waals surface area contributed by atoms with Crippen LogP contribution in [0.3, 0.4) is 0 Å². The highest BCUT2D eigenvalue weighted by atomic mass is 32.2. The number of anilines is 4. The summed E-state index contributed by atoms with van der Waals surface area (Å²) in [6.45, 7) is 1.65. The fourth-order valence-electron chi connectivity index (χ4n) is 6.08. The van der Waals surface area contributed by atoms with Crippen molar-refractivity contribution in [1.29, 1.82) is 0 Å². The number of aromatic carboxylic acids is 1. The number of carbonyl (C=O) groups is 1. The molecule has 0 bridgehead atoms. The van der Waals surface area contributed by atoms with Crippen LogP contribution in [0.15, 0.2) is 134 Å². The molecule has 0 fully saturated rings. The molecule has 24 nitrogen and oxygen atoms in total. The summed E-state index contributed by atoms with van der Waals surface area (Å²) in [7, 11) is -22.5. The number of rotatable bonds is 8. The minimum atomic E-state index is -4.59. The zero-order valence-corrected chi connectivity index (χ0v) is 40.0. The van der Waals surface area contributed by atoms with E-state index in [9.17, 15) is 71.3 Å². The van der Waals surface area contributed by atoms with E-state index in [1.165, 1.54) is 54.6 Å². The first kappa shape index (κ1) is 56.0. The van der Waals surface area contributed by atoms with Crippen LogP contribution in [0, 0.1) is 6.92 Å². The Morgan fingerprint density at radius 2 is 0.887 bits per heavy atom. The number of carboxylic acid groups (broad SMARTS) is 1. The third-order valence-electron chi connectivity index (χ3n) is 9.37. The van der Waals surface area contributed by atoms with E-state index in [4.69, 9.17) is 41.7 Å². The summed E-state index contributed by atoms with van der Waals surface area (Å²) < 4.78 is 157. The van der Waals surface area contributed by atoms with Crippen molar-refractivity contribution in [2.75, 3.05) is 22.9 Å². The van der Waals surface area contributed by atoms with Crippen LogP contribution < -0.4 is 22.9 Å². The predicted octanol–water partition coefficient (Wildman–Crippen LogP) is 4.91. The first-order valence-electron chi connectivity index (χ1n) is 18.9. The van der Waals surface area contributed by atoms with E-state index in [0.717, 1.165) is 42.5 Å². The van der Waals surface area contributed by atoms with Crippen LogP contribution in [-0.4, -0.2) is 91.2 Å². The number of carboxylic acids is 1. The van der Waals surface area contributed by atoms with Gasteiger partial charge in [-0.25, -0.2) is 4.79 Å². The Kier molecular flexibility index (Phi) is 16.7. The normalized spacial score (nSPS) is 12.0. The standard InChI is InChI=1S/C14H14N2O6S2.C10H9NO7S2.C10H9NO4S.C8H8O3/c15-11-5-3-9(13(7-11)23(17,18)19)1-2-10-4-6-12(16)8-14(10)24(20,21)22;11-8-3-6(19(13,14)15)1-5-2-7(20(16,17)18)4-9(12)10(5)8;11-7-2-1-6-3-8(16(13,14)15)5-10(12)9(6)4-7;1-5-3-2-4-6(7(5)9)8(10)11/h1-8H,15-16H2,(H,17,18,19)(H,20,21,22);1-4,12H,11H2,(H,13,14,15)(H,16,17,18);1-5,12H,11H2,(H,13,14,15);2-4,9H,1H3,(H,10,11)/b2-1+;;;. The van der Waals surface area contributed by atoms with Crippen molar-refractivity contribution in [3.63, 3.8) is 0 Å². The Labute approximate surface area is 404 Å². The summed E-state index contributed by atoms with van der Waals surface area (Å²) in [6, 6.07) is 22.8. The van der Waals surface area contributed by atoms with Crippen molar-refractivity contribution in [3.8, 4) is 17.2 Å².